The lowest BCUT2D eigenvalue weighted by molar-refractivity contribution is 0.282. The van der Waals surface area contributed by atoms with Crippen LogP contribution in [0.4, 0.5) is 0 Å². The van der Waals surface area contributed by atoms with Crippen LogP contribution in [0.25, 0.3) is 28.2 Å². The molecule has 4 nitrogen and oxygen atoms in total. The summed E-state index contributed by atoms with van der Waals surface area (Å²) >= 11 is 6.08. The summed E-state index contributed by atoms with van der Waals surface area (Å²) in [7, 11) is 0. The maximum absolute atomic E-state index is 9.17. The quantitative estimate of drug-likeness (QED) is 0.610. The topological polar surface area (TPSA) is 50.4 Å². The van der Waals surface area contributed by atoms with Gasteiger partial charge in [0, 0.05) is 16.1 Å². The maximum Gasteiger partial charge on any atom is 0.154 e. The van der Waals surface area contributed by atoms with Crippen molar-refractivity contribution in [3.8, 4) is 22.5 Å². The van der Waals surface area contributed by atoms with E-state index in [1.54, 1.807) is 6.20 Å². The van der Waals surface area contributed by atoms with E-state index >= 15 is 0 Å². The van der Waals surface area contributed by atoms with Crippen molar-refractivity contribution in [1.82, 2.24) is 14.6 Å². The molecule has 1 N–H and O–H groups in total. The van der Waals surface area contributed by atoms with Gasteiger partial charge in [0.25, 0.3) is 0 Å². The van der Waals surface area contributed by atoms with E-state index < -0.39 is 0 Å². The third-order valence-corrected chi connectivity index (χ3v) is 4.15. The maximum atomic E-state index is 9.17. The van der Waals surface area contributed by atoms with E-state index in [1.807, 2.05) is 65.2 Å². The molecule has 2 heterocycles. The number of fused-ring (bicyclic) bond motifs is 1. The zero-order valence-electron chi connectivity index (χ0n) is 12.7. The molecule has 2 aromatic heterocycles. The molecule has 118 valence electrons. The van der Waals surface area contributed by atoms with Gasteiger partial charge in [-0.15, -0.1) is 0 Å². The zero-order valence-corrected chi connectivity index (χ0v) is 13.5. The molecule has 0 radical (unpaired) electrons. The lowest BCUT2D eigenvalue weighted by atomic mass is 10.1. The molecule has 0 amide bonds. The molecule has 0 atom stereocenters. The molecule has 5 heteroatoms. The molecule has 0 fully saturated rings. The van der Waals surface area contributed by atoms with Crippen LogP contribution < -0.4 is 0 Å². The average molecular weight is 336 g/mol. The fourth-order valence-corrected chi connectivity index (χ4v) is 2.84. The van der Waals surface area contributed by atoms with Gasteiger partial charge in [-0.1, -0.05) is 48.0 Å². The van der Waals surface area contributed by atoms with Gasteiger partial charge in [-0.2, -0.15) is 5.10 Å². The Kier molecular flexibility index (Phi) is 3.76. The Labute approximate surface area is 144 Å². The molecule has 0 aliphatic carbocycles. The highest BCUT2D eigenvalue weighted by molar-refractivity contribution is 6.30. The van der Waals surface area contributed by atoms with Gasteiger partial charge in [0.1, 0.15) is 0 Å². The van der Waals surface area contributed by atoms with Crippen molar-refractivity contribution in [3.05, 3.63) is 77.4 Å². The van der Waals surface area contributed by atoms with Crippen molar-refractivity contribution >= 4 is 17.2 Å². The lowest BCUT2D eigenvalue weighted by Crippen LogP contribution is -1.97. The molecule has 0 unspecified atom stereocenters. The lowest BCUT2D eigenvalue weighted by Gasteiger charge is -2.05. The van der Waals surface area contributed by atoms with Gasteiger partial charge in [0.2, 0.25) is 0 Å². The summed E-state index contributed by atoms with van der Waals surface area (Å²) in [6.45, 7) is 0.0323. The standard InChI is InChI=1S/C19H14ClN3O/c20-16-3-1-2-15(10-16)17-8-9-19-21-11-18(23(19)22-17)14-6-4-13(12-24)5-7-14/h1-11,24H,12H2. The Bertz CT molecular complexity index is 1010. The molecule has 0 bridgehead atoms. The summed E-state index contributed by atoms with van der Waals surface area (Å²) in [5.41, 5.74) is 5.34. The Morgan fingerprint density at radius 2 is 1.79 bits per heavy atom. The summed E-state index contributed by atoms with van der Waals surface area (Å²) in [5, 5.41) is 14.6. The minimum atomic E-state index is 0.0323. The number of aliphatic hydroxyl groups excluding tert-OH is 1. The second-order valence-corrected chi connectivity index (χ2v) is 5.93. The van der Waals surface area contributed by atoms with Gasteiger partial charge in [0.15, 0.2) is 5.65 Å². The van der Waals surface area contributed by atoms with Crippen molar-refractivity contribution < 1.29 is 5.11 Å². The first-order chi connectivity index (χ1) is 11.7. The van der Waals surface area contributed by atoms with Crippen LogP contribution in [0.3, 0.4) is 0 Å². The average Bonchev–Trinajstić information content (AvgIpc) is 3.05. The highest BCUT2D eigenvalue weighted by atomic mass is 35.5. The van der Waals surface area contributed by atoms with Gasteiger partial charge >= 0.3 is 0 Å². The number of rotatable bonds is 3. The number of hydrogen-bond acceptors (Lipinski definition) is 3. The minimum absolute atomic E-state index is 0.0323. The fraction of sp³-hybridized carbons (Fsp3) is 0.0526. The summed E-state index contributed by atoms with van der Waals surface area (Å²) in [6, 6.07) is 19.2. The Balaban J connectivity index is 1.83. The predicted molar refractivity (Wildman–Crippen MR) is 94.8 cm³/mol. The van der Waals surface area contributed by atoms with Crippen LogP contribution in [0.2, 0.25) is 5.02 Å². The largest absolute Gasteiger partial charge is 0.392 e. The number of aliphatic hydroxyl groups is 1. The van der Waals surface area contributed by atoms with E-state index in [0.29, 0.717) is 5.02 Å². The summed E-state index contributed by atoms with van der Waals surface area (Å²) in [5.74, 6) is 0. The summed E-state index contributed by atoms with van der Waals surface area (Å²) < 4.78 is 1.82. The first-order valence-electron chi connectivity index (χ1n) is 7.55. The highest BCUT2D eigenvalue weighted by Crippen LogP contribution is 2.24. The summed E-state index contributed by atoms with van der Waals surface area (Å²) in [6.07, 6.45) is 1.80. The van der Waals surface area contributed by atoms with Gasteiger partial charge in [-0.05, 0) is 29.8 Å². The van der Waals surface area contributed by atoms with E-state index in [0.717, 1.165) is 33.7 Å². The Morgan fingerprint density at radius 1 is 0.958 bits per heavy atom. The van der Waals surface area contributed by atoms with Gasteiger partial charge < -0.3 is 5.11 Å². The molecule has 24 heavy (non-hydrogen) atoms. The molecule has 0 aliphatic rings. The monoisotopic (exact) mass is 335 g/mol. The molecule has 0 aliphatic heterocycles. The zero-order chi connectivity index (χ0) is 16.5. The van der Waals surface area contributed by atoms with Crippen LogP contribution in [0.5, 0.6) is 0 Å². The molecule has 0 saturated carbocycles. The Morgan fingerprint density at radius 3 is 2.54 bits per heavy atom. The van der Waals surface area contributed by atoms with Crippen LogP contribution in [-0.2, 0) is 6.61 Å². The van der Waals surface area contributed by atoms with E-state index in [2.05, 4.69) is 4.98 Å². The van der Waals surface area contributed by atoms with E-state index in [1.165, 1.54) is 0 Å². The SMILES string of the molecule is OCc1ccc(-c2cnc3ccc(-c4cccc(Cl)c4)nn23)cc1. The number of halogens is 1. The van der Waals surface area contributed by atoms with Crippen LogP contribution in [0, 0.1) is 0 Å². The molecule has 0 saturated heterocycles. The third kappa shape index (κ3) is 2.66. The first kappa shape index (κ1) is 14.9. The molecule has 2 aromatic carbocycles. The number of hydrogen-bond donors (Lipinski definition) is 1. The number of imidazole rings is 1. The van der Waals surface area contributed by atoms with Crippen molar-refractivity contribution in [2.24, 2.45) is 0 Å². The van der Waals surface area contributed by atoms with Crippen molar-refractivity contribution in [1.29, 1.82) is 0 Å². The second kappa shape index (κ2) is 6.07. The highest BCUT2D eigenvalue weighted by Gasteiger charge is 2.09. The van der Waals surface area contributed by atoms with Crippen molar-refractivity contribution in [3.63, 3.8) is 0 Å². The van der Waals surface area contributed by atoms with Crippen molar-refractivity contribution in [2.45, 2.75) is 6.61 Å². The van der Waals surface area contributed by atoms with E-state index in [-0.39, 0.29) is 6.61 Å². The van der Waals surface area contributed by atoms with Crippen LogP contribution >= 0.6 is 11.6 Å². The number of benzene rings is 2. The smallest absolute Gasteiger partial charge is 0.154 e. The fourth-order valence-electron chi connectivity index (χ4n) is 2.65. The van der Waals surface area contributed by atoms with E-state index in [4.69, 9.17) is 16.7 Å². The van der Waals surface area contributed by atoms with Crippen LogP contribution in [-0.4, -0.2) is 19.7 Å². The molecule has 4 rings (SSSR count). The van der Waals surface area contributed by atoms with Crippen LogP contribution in [0.15, 0.2) is 66.9 Å². The van der Waals surface area contributed by atoms with Gasteiger partial charge in [-0.25, -0.2) is 9.50 Å². The predicted octanol–water partition coefficient (Wildman–Crippen LogP) is 4.21. The normalized spacial score (nSPS) is 11.1. The van der Waals surface area contributed by atoms with Crippen molar-refractivity contribution in [2.75, 3.05) is 0 Å². The molecule has 0 spiro atoms. The second-order valence-electron chi connectivity index (χ2n) is 5.50. The third-order valence-electron chi connectivity index (χ3n) is 3.91. The van der Waals surface area contributed by atoms with Gasteiger partial charge in [0.05, 0.1) is 24.2 Å². The summed E-state index contributed by atoms with van der Waals surface area (Å²) in [4.78, 5) is 4.41. The minimum Gasteiger partial charge on any atom is -0.392 e. The first-order valence-corrected chi connectivity index (χ1v) is 7.93. The molecular formula is C19H14ClN3O. The van der Waals surface area contributed by atoms with E-state index in [9.17, 15) is 5.11 Å². The van der Waals surface area contributed by atoms with Crippen LogP contribution in [0.1, 0.15) is 5.56 Å². The molecule has 4 aromatic rings. The molecular weight excluding hydrogens is 322 g/mol. The number of nitrogens with zero attached hydrogens (tertiary/aromatic N) is 3. The number of aromatic nitrogens is 3. The Hall–Kier alpha value is -2.69. The van der Waals surface area contributed by atoms with Gasteiger partial charge in [-0.3, -0.25) is 0 Å².